The first-order chi connectivity index (χ1) is 12.6. The fraction of sp³-hybridized carbons (Fsp3) is 0.350. The molecule has 1 aliphatic rings. The lowest BCUT2D eigenvalue weighted by Gasteiger charge is -2.35. The van der Waals surface area contributed by atoms with Gasteiger partial charge in [0.15, 0.2) is 0 Å². The second kappa shape index (κ2) is 9.14. The third-order valence-electron chi connectivity index (χ3n) is 4.63. The van der Waals surface area contributed by atoms with Crippen LogP contribution in [0.15, 0.2) is 48.5 Å². The number of hydrogen-bond acceptors (Lipinski definition) is 4. The molecule has 2 aromatic carbocycles. The van der Waals surface area contributed by atoms with Gasteiger partial charge < -0.3 is 15.8 Å². The Morgan fingerprint density at radius 3 is 2.69 bits per heavy atom. The lowest BCUT2D eigenvalue weighted by atomic mass is 10.0. The predicted molar refractivity (Wildman–Crippen MR) is 103 cm³/mol. The lowest BCUT2D eigenvalue weighted by Crippen LogP contribution is -2.42. The molecule has 0 spiro atoms. The number of ether oxygens (including phenoxy) is 1. The highest BCUT2D eigenvalue weighted by Gasteiger charge is 2.23. The maximum Gasteiger partial charge on any atom is 0.248 e. The minimum Gasteiger partial charge on any atom is -0.379 e. The van der Waals surface area contributed by atoms with Gasteiger partial charge in [-0.3, -0.25) is 9.69 Å². The number of nitrogens with one attached hydrogen (secondary N) is 1. The van der Waals surface area contributed by atoms with Crippen molar-refractivity contribution in [3.05, 3.63) is 70.2 Å². The van der Waals surface area contributed by atoms with E-state index in [9.17, 15) is 4.79 Å². The summed E-state index contributed by atoms with van der Waals surface area (Å²) in [7, 11) is 0. The van der Waals surface area contributed by atoms with Crippen LogP contribution >= 0.6 is 11.6 Å². The Hall–Kier alpha value is -1.92. The Labute approximate surface area is 159 Å². The Kier molecular flexibility index (Phi) is 6.63. The Bertz CT molecular complexity index is 747. The van der Waals surface area contributed by atoms with Crippen molar-refractivity contribution < 1.29 is 9.53 Å². The first-order valence-electron chi connectivity index (χ1n) is 8.81. The average Bonchev–Trinajstić information content (AvgIpc) is 2.67. The molecule has 0 bridgehead atoms. The molecule has 138 valence electrons. The number of rotatable bonds is 7. The topological polar surface area (TPSA) is 67.6 Å². The summed E-state index contributed by atoms with van der Waals surface area (Å²) < 4.78 is 5.49. The number of morpholine rings is 1. The van der Waals surface area contributed by atoms with Gasteiger partial charge in [-0.1, -0.05) is 41.9 Å². The molecule has 1 atom stereocenters. The lowest BCUT2D eigenvalue weighted by molar-refractivity contribution is 0.0161. The van der Waals surface area contributed by atoms with Crippen LogP contribution in [0, 0.1) is 0 Å². The van der Waals surface area contributed by atoms with Gasteiger partial charge in [-0.2, -0.15) is 0 Å². The SMILES string of the molecule is NC(=O)c1cccc(CNCC(c2ccccc2Cl)N2CCOCC2)c1. The largest absolute Gasteiger partial charge is 0.379 e. The molecule has 1 unspecified atom stereocenters. The van der Waals surface area contributed by atoms with Gasteiger partial charge in [0.1, 0.15) is 0 Å². The molecule has 0 aromatic heterocycles. The molecule has 3 N–H and O–H groups in total. The summed E-state index contributed by atoms with van der Waals surface area (Å²) in [5.41, 5.74) is 8.03. The first kappa shape index (κ1) is 18.9. The van der Waals surface area contributed by atoms with E-state index in [0.29, 0.717) is 12.1 Å². The van der Waals surface area contributed by atoms with Crippen molar-refractivity contribution in [1.29, 1.82) is 0 Å². The van der Waals surface area contributed by atoms with Gasteiger partial charge in [0.05, 0.1) is 13.2 Å². The van der Waals surface area contributed by atoms with Crippen molar-refractivity contribution in [2.24, 2.45) is 5.73 Å². The zero-order valence-electron chi connectivity index (χ0n) is 14.7. The minimum absolute atomic E-state index is 0.173. The monoisotopic (exact) mass is 373 g/mol. The van der Waals surface area contributed by atoms with Crippen molar-refractivity contribution >= 4 is 17.5 Å². The van der Waals surface area contributed by atoms with E-state index in [0.717, 1.165) is 49.0 Å². The second-order valence-corrected chi connectivity index (χ2v) is 6.79. The molecule has 0 radical (unpaired) electrons. The number of carbonyl (C=O) groups excluding carboxylic acids is 1. The highest BCUT2D eigenvalue weighted by molar-refractivity contribution is 6.31. The Morgan fingerprint density at radius 1 is 1.19 bits per heavy atom. The maximum atomic E-state index is 11.3. The molecule has 26 heavy (non-hydrogen) atoms. The van der Waals surface area contributed by atoms with Crippen LogP contribution in [0.25, 0.3) is 0 Å². The summed E-state index contributed by atoms with van der Waals surface area (Å²) in [6, 6.07) is 15.5. The normalized spacial score (nSPS) is 16.3. The summed E-state index contributed by atoms with van der Waals surface area (Å²) in [6.07, 6.45) is 0. The highest BCUT2D eigenvalue weighted by Crippen LogP contribution is 2.27. The molecule has 1 saturated heterocycles. The third-order valence-corrected chi connectivity index (χ3v) is 4.97. The quantitative estimate of drug-likeness (QED) is 0.782. The number of benzene rings is 2. The summed E-state index contributed by atoms with van der Waals surface area (Å²) in [5, 5.41) is 4.28. The molecule has 1 heterocycles. The maximum absolute atomic E-state index is 11.3. The average molecular weight is 374 g/mol. The van der Waals surface area contributed by atoms with E-state index < -0.39 is 5.91 Å². The van der Waals surface area contributed by atoms with Crippen molar-refractivity contribution in [2.45, 2.75) is 12.6 Å². The van der Waals surface area contributed by atoms with Crippen LogP contribution in [0.5, 0.6) is 0 Å². The van der Waals surface area contributed by atoms with Crippen LogP contribution in [-0.4, -0.2) is 43.7 Å². The zero-order chi connectivity index (χ0) is 18.4. The zero-order valence-corrected chi connectivity index (χ0v) is 15.4. The van der Waals surface area contributed by atoms with Crippen molar-refractivity contribution in [3.63, 3.8) is 0 Å². The van der Waals surface area contributed by atoms with Gasteiger partial charge in [-0.25, -0.2) is 0 Å². The molecule has 1 aliphatic heterocycles. The molecule has 2 aromatic rings. The smallest absolute Gasteiger partial charge is 0.248 e. The van der Waals surface area contributed by atoms with Gasteiger partial charge in [0, 0.05) is 42.8 Å². The summed E-state index contributed by atoms with van der Waals surface area (Å²) in [6.45, 7) is 4.66. The van der Waals surface area contributed by atoms with Crippen molar-refractivity contribution in [3.8, 4) is 0 Å². The van der Waals surface area contributed by atoms with E-state index in [4.69, 9.17) is 22.1 Å². The van der Waals surface area contributed by atoms with E-state index in [1.165, 1.54) is 0 Å². The Morgan fingerprint density at radius 2 is 1.96 bits per heavy atom. The van der Waals surface area contributed by atoms with Crippen LogP contribution in [0.4, 0.5) is 0 Å². The number of nitrogens with zero attached hydrogens (tertiary/aromatic N) is 1. The molecule has 5 nitrogen and oxygen atoms in total. The molecule has 1 fully saturated rings. The summed E-state index contributed by atoms with van der Waals surface area (Å²) >= 11 is 6.45. The fourth-order valence-corrected chi connectivity index (χ4v) is 3.52. The second-order valence-electron chi connectivity index (χ2n) is 6.38. The van der Waals surface area contributed by atoms with Crippen molar-refractivity contribution in [2.75, 3.05) is 32.8 Å². The Balaban J connectivity index is 1.69. The van der Waals surface area contributed by atoms with E-state index in [1.807, 2.05) is 36.4 Å². The molecule has 0 saturated carbocycles. The molecular weight excluding hydrogens is 350 g/mol. The predicted octanol–water partition coefficient (Wildman–Crippen LogP) is 2.60. The number of halogens is 1. The van der Waals surface area contributed by atoms with Gasteiger partial charge in [0.2, 0.25) is 5.91 Å². The summed E-state index contributed by atoms with van der Waals surface area (Å²) in [4.78, 5) is 13.7. The molecule has 6 heteroatoms. The van der Waals surface area contributed by atoms with Crippen LogP contribution in [0.2, 0.25) is 5.02 Å². The number of amides is 1. The standard InChI is InChI=1S/C20H24ClN3O2/c21-18-7-2-1-6-17(18)19(24-8-10-26-11-9-24)14-23-13-15-4-3-5-16(12-15)20(22)25/h1-7,12,19,23H,8-11,13-14H2,(H2,22,25). The van der Waals surface area contributed by atoms with Crippen LogP contribution < -0.4 is 11.1 Å². The van der Waals surface area contributed by atoms with Gasteiger partial charge in [-0.15, -0.1) is 0 Å². The summed E-state index contributed by atoms with van der Waals surface area (Å²) in [5.74, 6) is -0.408. The van der Waals surface area contributed by atoms with E-state index in [2.05, 4.69) is 16.3 Å². The molecule has 3 rings (SSSR count). The van der Waals surface area contributed by atoms with Gasteiger partial charge in [-0.05, 0) is 29.3 Å². The first-order valence-corrected chi connectivity index (χ1v) is 9.18. The number of nitrogens with two attached hydrogens (primary N) is 1. The molecular formula is C20H24ClN3O2. The number of hydrogen-bond donors (Lipinski definition) is 2. The minimum atomic E-state index is -0.408. The van der Waals surface area contributed by atoms with E-state index >= 15 is 0 Å². The van der Waals surface area contributed by atoms with Gasteiger partial charge >= 0.3 is 0 Å². The van der Waals surface area contributed by atoms with E-state index in [-0.39, 0.29) is 6.04 Å². The number of carbonyl (C=O) groups is 1. The van der Waals surface area contributed by atoms with Crippen LogP contribution in [0.3, 0.4) is 0 Å². The van der Waals surface area contributed by atoms with E-state index in [1.54, 1.807) is 6.07 Å². The third kappa shape index (κ3) is 4.83. The fourth-order valence-electron chi connectivity index (χ4n) is 3.26. The van der Waals surface area contributed by atoms with Crippen LogP contribution in [-0.2, 0) is 11.3 Å². The highest BCUT2D eigenvalue weighted by atomic mass is 35.5. The van der Waals surface area contributed by atoms with Gasteiger partial charge in [0.25, 0.3) is 0 Å². The van der Waals surface area contributed by atoms with Crippen molar-refractivity contribution in [1.82, 2.24) is 10.2 Å². The number of primary amides is 1. The molecule has 0 aliphatic carbocycles. The molecule has 1 amide bonds. The van der Waals surface area contributed by atoms with Crippen LogP contribution in [0.1, 0.15) is 27.5 Å².